The van der Waals surface area contributed by atoms with Gasteiger partial charge < -0.3 is 89.9 Å². The molecule has 3 aliphatic heterocycles. The summed E-state index contributed by atoms with van der Waals surface area (Å²) in [5, 5.41) is 119. The Morgan fingerprint density at radius 2 is 0.932 bits per heavy atom. The first-order valence-electron chi connectivity index (χ1n) is 26.8. The van der Waals surface area contributed by atoms with Crippen LogP contribution in [0.3, 0.4) is 0 Å². The molecule has 17 unspecified atom stereocenters. The van der Waals surface area contributed by atoms with Gasteiger partial charge in [-0.1, -0.05) is 131 Å². The zero-order valence-corrected chi connectivity index (χ0v) is 43.5. The second-order valence-electron chi connectivity index (χ2n) is 19.0. The van der Waals surface area contributed by atoms with Crippen LogP contribution in [0.5, 0.6) is 0 Å². The Hall–Kier alpha value is -3.03. The third-order valence-corrected chi connectivity index (χ3v) is 12.9. The van der Waals surface area contributed by atoms with Crippen molar-refractivity contribution in [1.29, 1.82) is 0 Å². The highest BCUT2D eigenvalue weighted by Crippen LogP contribution is 2.33. The largest absolute Gasteiger partial charge is 0.394 e. The normalized spacial score (nSPS) is 32.1. The minimum absolute atomic E-state index is 0.207. The molecule has 12 N–H and O–H groups in total. The monoisotopic (exact) mass is 1050 g/mol. The molecule has 0 spiro atoms. The molecule has 424 valence electrons. The van der Waals surface area contributed by atoms with Gasteiger partial charge in [-0.25, -0.2) is 0 Å². The molecule has 3 heterocycles. The van der Waals surface area contributed by atoms with Gasteiger partial charge in [0.2, 0.25) is 5.91 Å². The second-order valence-corrected chi connectivity index (χ2v) is 19.0. The van der Waals surface area contributed by atoms with Gasteiger partial charge in [0.25, 0.3) is 0 Å². The molecule has 1 amide bonds. The van der Waals surface area contributed by atoms with Gasteiger partial charge in [0.15, 0.2) is 18.9 Å². The van der Waals surface area contributed by atoms with Crippen LogP contribution in [0.4, 0.5) is 0 Å². The summed E-state index contributed by atoms with van der Waals surface area (Å²) >= 11 is 0. The van der Waals surface area contributed by atoms with Crippen LogP contribution in [0.1, 0.15) is 123 Å². The summed E-state index contributed by atoms with van der Waals surface area (Å²) in [5.74, 6) is -0.312. The van der Waals surface area contributed by atoms with Crippen LogP contribution in [-0.2, 0) is 33.2 Å². The van der Waals surface area contributed by atoms with Crippen molar-refractivity contribution in [2.45, 2.75) is 227 Å². The molecule has 19 nitrogen and oxygen atoms in total. The molecule has 0 radical (unpaired) electrons. The second kappa shape index (κ2) is 38.5. The lowest BCUT2D eigenvalue weighted by atomic mass is 9.96. The van der Waals surface area contributed by atoms with Crippen molar-refractivity contribution in [3.8, 4) is 0 Å². The molecule has 3 rings (SSSR count). The summed E-state index contributed by atoms with van der Waals surface area (Å²) < 4.78 is 34.0. The van der Waals surface area contributed by atoms with E-state index in [2.05, 4.69) is 92.1 Å². The predicted molar refractivity (Wildman–Crippen MR) is 277 cm³/mol. The molecule has 3 fully saturated rings. The first-order valence-corrected chi connectivity index (χ1v) is 26.8. The molecule has 19 heteroatoms. The van der Waals surface area contributed by atoms with Crippen molar-refractivity contribution in [1.82, 2.24) is 5.32 Å². The third-order valence-electron chi connectivity index (χ3n) is 12.9. The van der Waals surface area contributed by atoms with Crippen LogP contribution >= 0.6 is 0 Å². The number of rotatable bonds is 36. The maximum absolute atomic E-state index is 13.2. The van der Waals surface area contributed by atoms with Gasteiger partial charge in [-0.15, -0.1) is 0 Å². The van der Waals surface area contributed by atoms with Crippen molar-refractivity contribution in [3.05, 3.63) is 85.1 Å². The molecule has 0 aromatic rings. The number of nitrogens with one attached hydrogen (secondary N) is 1. The lowest BCUT2D eigenvalue weighted by Gasteiger charge is -2.48. The molecule has 3 saturated heterocycles. The first kappa shape index (κ1) is 65.3. The van der Waals surface area contributed by atoms with E-state index in [4.69, 9.17) is 28.4 Å². The van der Waals surface area contributed by atoms with Crippen LogP contribution in [0.2, 0.25) is 0 Å². The van der Waals surface area contributed by atoms with Gasteiger partial charge in [0.1, 0.15) is 73.2 Å². The number of carbonyl (C=O) groups excluding carboxylic acids is 1. The minimum atomic E-state index is -1.98. The van der Waals surface area contributed by atoms with E-state index < -0.39 is 124 Å². The summed E-state index contributed by atoms with van der Waals surface area (Å²) in [6.07, 6.45) is 17.7. The molecule has 0 bridgehead atoms. The standard InChI is InChI=1S/C55H91NO18/c1-3-5-7-9-11-12-13-14-15-16-17-18-19-20-21-22-23-24-25-26-27-29-31-33-43(61)56-38(39(60)32-30-28-10-8-6-4-2)37-69-53-49(67)46(64)51(41(35-58)71-53)74-55-50(68)47(65)52(42(36-59)72-55)73-54-48(66)45(63)44(62)40(34-57)70-54/h5,7,11-12,14-15,17-18,20-21,23-24,30,32,38-42,44-55,57-60,62-68H,3-4,6,8-10,13,16,19,22,25-29,31,33-37H2,1-2H3,(H,56,61)/b7-5-,12-11-,15-14-,18-17-,21-20-,24-23-,32-30+. The van der Waals surface area contributed by atoms with Crippen molar-refractivity contribution >= 4 is 5.91 Å². The Kier molecular flexibility index (Phi) is 34.0. The van der Waals surface area contributed by atoms with Crippen LogP contribution in [0.25, 0.3) is 0 Å². The minimum Gasteiger partial charge on any atom is -0.394 e. The average Bonchev–Trinajstić information content (AvgIpc) is 3.40. The Morgan fingerprint density at radius 1 is 0.500 bits per heavy atom. The maximum atomic E-state index is 13.2. The molecule has 17 atom stereocenters. The summed E-state index contributed by atoms with van der Waals surface area (Å²) in [4.78, 5) is 13.2. The van der Waals surface area contributed by atoms with Gasteiger partial charge >= 0.3 is 0 Å². The summed E-state index contributed by atoms with van der Waals surface area (Å²) in [6.45, 7) is 1.44. The summed E-state index contributed by atoms with van der Waals surface area (Å²) in [5.41, 5.74) is 0. The highest BCUT2D eigenvalue weighted by Gasteiger charge is 2.53. The molecule has 74 heavy (non-hydrogen) atoms. The Balaban J connectivity index is 1.46. The molecular formula is C55H91NO18. The van der Waals surface area contributed by atoms with Crippen molar-refractivity contribution in [2.24, 2.45) is 0 Å². The van der Waals surface area contributed by atoms with E-state index in [0.717, 1.165) is 96.3 Å². The molecule has 0 aromatic carbocycles. The number of hydrogen-bond acceptors (Lipinski definition) is 18. The van der Waals surface area contributed by atoms with Crippen LogP contribution in [0.15, 0.2) is 85.1 Å². The lowest BCUT2D eigenvalue weighted by Crippen LogP contribution is -2.66. The number of carbonyl (C=O) groups is 1. The number of aliphatic hydroxyl groups is 11. The van der Waals surface area contributed by atoms with Crippen molar-refractivity contribution in [3.63, 3.8) is 0 Å². The SMILES string of the molecule is CC/C=C\C/C=C\C/C=C\C/C=C\C/C=C\C/C=C\CCCCCCC(=O)NC(COC1OC(CO)C(OC2OC(CO)C(OC3OC(CO)C(O)C(O)C3O)C(O)C2O)C(O)C1O)C(O)/C=C/CCCCCC. The number of hydrogen-bond donors (Lipinski definition) is 12. The smallest absolute Gasteiger partial charge is 0.220 e. The van der Waals surface area contributed by atoms with E-state index >= 15 is 0 Å². The molecular weight excluding hydrogens is 963 g/mol. The van der Waals surface area contributed by atoms with Gasteiger partial charge in [-0.05, 0) is 70.6 Å². The number of unbranched alkanes of at least 4 members (excludes halogenated alkanes) is 8. The first-order chi connectivity index (χ1) is 35.8. The van der Waals surface area contributed by atoms with Crippen LogP contribution in [-0.4, -0.2) is 193 Å². The molecule has 0 saturated carbocycles. The lowest BCUT2D eigenvalue weighted by molar-refractivity contribution is -0.379. The molecule has 0 aromatic heterocycles. The highest BCUT2D eigenvalue weighted by atomic mass is 16.8. The van der Waals surface area contributed by atoms with Crippen LogP contribution < -0.4 is 5.32 Å². The van der Waals surface area contributed by atoms with Gasteiger partial charge in [0, 0.05) is 6.42 Å². The fourth-order valence-electron chi connectivity index (χ4n) is 8.48. The van der Waals surface area contributed by atoms with Crippen LogP contribution in [0, 0.1) is 0 Å². The topological polar surface area (TPSA) is 307 Å². The van der Waals surface area contributed by atoms with Gasteiger partial charge in [-0.3, -0.25) is 4.79 Å². The Labute approximate surface area is 438 Å². The quantitative estimate of drug-likeness (QED) is 0.0317. The van der Waals surface area contributed by atoms with Crippen molar-refractivity contribution < 1.29 is 89.4 Å². The Bertz CT molecular complexity index is 1690. The predicted octanol–water partition coefficient (Wildman–Crippen LogP) is 2.86. The van der Waals surface area contributed by atoms with Gasteiger partial charge in [0.05, 0.1) is 38.6 Å². The zero-order chi connectivity index (χ0) is 54.1. The summed E-state index contributed by atoms with van der Waals surface area (Å²) in [7, 11) is 0. The molecule has 3 aliphatic rings. The van der Waals surface area contributed by atoms with Gasteiger partial charge in [-0.2, -0.15) is 0 Å². The van der Waals surface area contributed by atoms with Crippen molar-refractivity contribution in [2.75, 3.05) is 26.4 Å². The summed E-state index contributed by atoms with van der Waals surface area (Å²) in [6, 6.07) is -0.988. The fourth-order valence-corrected chi connectivity index (χ4v) is 8.48. The highest BCUT2D eigenvalue weighted by molar-refractivity contribution is 5.76. The number of allylic oxidation sites excluding steroid dienone is 13. The fraction of sp³-hybridized carbons (Fsp3) is 0.727. The number of ether oxygens (including phenoxy) is 6. The number of aliphatic hydroxyl groups excluding tert-OH is 11. The average molecular weight is 1050 g/mol. The van der Waals surface area contributed by atoms with E-state index in [9.17, 15) is 61.0 Å². The van der Waals surface area contributed by atoms with E-state index in [1.54, 1.807) is 6.08 Å². The zero-order valence-electron chi connectivity index (χ0n) is 43.5. The Morgan fingerprint density at radius 3 is 1.45 bits per heavy atom. The van der Waals surface area contributed by atoms with E-state index in [1.165, 1.54) is 0 Å². The van der Waals surface area contributed by atoms with E-state index in [-0.39, 0.29) is 18.9 Å². The maximum Gasteiger partial charge on any atom is 0.220 e. The number of amides is 1. The van der Waals surface area contributed by atoms with E-state index in [0.29, 0.717) is 6.42 Å². The molecule has 0 aliphatic carbocycles. The third kappa shape index (κ3) is 23.3. The van der Waals surface area contributed by atoms with E-state index in [1.807, 2.05) is 6.08 Å².